The quantitative estimate of drug-likeness (QED) is 0.807. The standard InChI is InChI=1S/C15H28N2/c1-2-15(7-4-8-15)12-16-13-6-10-17-9-3-5-14(17)11-13/h13-14,16H,2-12H2,1H3. The number of nitrogens with zero attached hydrogens (tertiary/aromatic N) is 1. The molecule has 2 saturated heterocycles. The van der Waals surface area contributed by atoms with Crippen molar-refractivity contribution >= 4 is 0 Å². The maximum atomic E-state index is 3.90. The molecule has 2 heterocycles. The second-order valence-electron chi connectivity index (χ2n) is 6.64. The van der Waals surface area contributed by atoms with E-state index >= 15 is 0 Å². The molecule has 0 bridgehead atoms. The van der Waals surface area contributed by atoms with Gasteiger partial charge in [0.25, 0.3) is 0 Å². The molecule has 2 unspecified atom stereocenters. The Kier molecular flexibility index (Phi) is 3.45. The van der Waals surface area contributed by atoms with Crippen molar-refractivity contribution in [1.82, 2.24) is 10.2 Å². The monoisotopic (exact) mass is 236 g/mol. The molecule has 17 heavy (non-hydrogen) atoms. The van der Waals surface area contributed by atoms with Gasteiger partial charge >= 0.3 is 0 Å². The summed E-state index contributed by atoms with van der Waals surface area (Å²) in [5.41, 5.74) is 0.687. The highest BCUT2D eigenvalue weighted by atomic mass is 15.2. The molecule has 3 fully saturated rings. The average Bonchev–Trinajstić information content (AvgIpc) is 2.75. The molecule has 1 saturated carbocycles. The van der Waals surface area contributed by atoms with Crippen LogP contribution in [-0.2, 0) is 0 Å². The minimum atomic E-state index is 0.687. The summed E-state index contributed by atoms with van der Waals surface area (Å²) in [6.45, 7) is 6.39. The number of hydrogen-bond donors (Lipinski definition) is 1. The zero-order valence-corrected chi connectivity index (χ0v) is 11.4. The summed E-state index contributed by atoms with van der Waals surface area (Å²) in [6.07, 6.45) is 11.5. The number of hydrogen-bond acceptors (Lipinski definition) is 2. The van der Waals surface area contributed by atoms with E-state index in [1.165, 1.54) is 71.0 Å². The summed E-state index contributed by atoms with van der Waals surface area (Å²) in [6, 6.07) is 1.73. The highest BCUT2D eigenvalue weighted by molar-refractivity contribution is 4.93. The molecule has 1 N–H and O–H groups in total. The van der Waals surface area contributed by atoms with Crippen molar-refractivity contribution in [2.45, 2.75) is 70.4 Å². The lowest BCUT2D eigenvalue weighted by Gasteiger charge is -2.44. The topological polar surface area (TPSA) is 15.3 Å². The molecule has 2 nitrogen and oxygen atoms in total. The van der Waals surface area contributed by atoms with Crippen molar-refractivity contribution in [2.24, 2.45) is 5.41 Å². The maximum absolute atomic E-state index is 3.90. The van der Waals surface area contributed by atoms with Crippen LogP contribution >= 0.6 is 0 Å². The number of nitrogens with one attached hydrogen (secondary N) is 1. The van der Waals surface area contributed by atoms with Gasteiger partial charge in [0.05, 0.1) is 0 Å². The van der Waals surface area contributed by atoms with E-state index in [1.807, 2.05) is 0 Å². The molecule has 3 rings (SSSR count). The Morgan fingerprint density at radius 1 is 1.18 bits per heavy atom. The zero-order valence-electron chi connectivity index (χ0n) is 11.4. The van der Waals surface area contributed by atoms with Gasteiger partial charge in [-0.25, -0.2) is 0 Å². The molecule has 0 spiro atoms. The minimum Gasteiger partial charge on any atom is -0.313 e. The van der Waals surface area contributed by atoms with Gasteiger partial charge in [0.1, 0.15) is 0 Å². The fraction of sp³-hybridized carbons (Fsp3) is 1.00. The Bertz CT molecular complexity index is 254. The van der Waals surface area contributed by atoms with E-state index in [9.17, 15) is 0 Å². The molecule has 2 atom stereocenters. The van der Waals surface area contributed by atoms with Gasteiger partial charge in [-0.3, -0.25) is 0 Å². The van der Waals surface area contributed by atoms with Crippen LogP contribution in [0.5, 0.6) is 0 Å². The lowest BCUT2D eigenvalue weighted by Crippen LogP contribution is -2.49. The lowest BCUT2D eigenvalue weighted by molar-refractivity contribution is 0.103. The zero-order chi connectivity index (χ0) is 11.7. The molecular formula is C15H28N2. The third-order valence-corrected chi connectivity index (χ3v) is 5.75. The second-order valence-corrected chi connectivity index (χ2v) is 6.64. The first-order chi connectivity index (χ1) is 8.31. The van der Waals surface area contributed by atoms with Gasteiger partial charge in [0, 0.05) is 18.6 Å². The van der Waals surface area contributed by atoms with Gasteiger partial charge < -0.3 is 10.2 Å². The predicted octanol–water partition coefficient (Wildman–Crippen LogP) is 2.78. The normalized spacial score (nSPS) is 36.5. The van der Waals surface area contributed by atoms with Crippen molar-refractivity contribution in [3.63, 3.8) is 0 Å². The molecule has 3 aliphatic rings. The number of rotatable bonds is 4. The molecule has 1 aliphatic carbocycles. The third-order valence-electron chi connectivity index (χ3n) is 5.75. The Hall–Kier alpha value is -0.0800. The lowest BCUT2D eigenvalue weighted by atomic mass is 9.67. The first-order valence-corrected chi connectivity index (χ1v) is 7.79. The molecule has 0 aromatic heterocycles. The second kappa shape index (κ2) is 4.89. The minimum absolute atomic E-state index is 0.687. The van der Waals surface area contributed by atoms with Gasteiger partial charge in [0.15, 0.2) is 0 Å². The van der Waals surface area contributed by atoms with Gasteiger partial charge in [-0.2, -0.15) is 0 Å². The molecule has 0 aromatic rings. The number of piperidine rings is 1. The van der Waals surface area contributed by atoms with Crippen molar-refractivity contribution < 1.29 is 0 Å². The summed E-state index contributed by atoms with van der Waals surface area (Å²) in [5, 5.41) is 3.90. The van der Waals surface area contributed by atoms with Gasteiger partial charge in [-0.15, -0.1) is 0 Å². The van der Waals surface area contributed by atoms with Crippen LogP contribution in [0.25, 0.3) is 0 Å². The molecule has 2 aliphatic heterocycles. The molecule has 2 heteroatoms. The molecule has 98 valence electrons. The van der Waals surface area contributed by atoms with Crippen LogP contribution in [-0.4, -0.2) is 36.6 Å². The third kappa shape index (κ3) is 2.39. The Morgan fingerprint density at radius 3 is 2.76 bits per heavy atom. The molecular weight excluding hydrogens is 208 g/mol. The average molecular weight is 236 g/mol. The van der Waals surface area contributed by atoms with Crippen LogP contribution in [0.2, 0.25) is 0 Å². The van der Waals surface area contributed by atoms with E-state index in [-0.39, 0.29) is 0 Å². The fourth-order valence-electron chi connectivity index (χ4n) is 4.10. The van der Waals surface area contributed by atoms with Gasteiger partial charge in [0.2, 0.25) is 0 Å². The van der Waals surface area contributed by atoms with Crippen LogP contribution in [0.3, 0.4) is 0 Å². The van der Waals surface area contributed by atoms with E-state index < -0.39 is 0 Å². The summed E-state index contributed by atoms with van der Waals surface area (Å²) in [7, 11) is 0. The van der Waals surface area contributed by atoms with Crippen LogP contribution in [0.4, 0.5) is 0 Å². The van der Waals surface area contributed by atoms with Gasteiger partial charge in [-0.05, 0) is 63.5 Å². The first-order valence-electron chi connectivity index (χ1n) is 7.79. The Morgan fingerprint density at radius 2 is 2.06 bits per heavy atom. The van der Waals surface area contributed by atoms with Crippen LogP contribution in [0.1, 0.15) is 58.3 Å². The van der Waals surface area contributed by atoms with Crippen molar-refractivity contribution in [3.8, 4) is 0 Å². The van der Waals surface area contributed by atoms with Crippen molar-refractivity contribution in [2.75, 3.05) is 19.6 Å². The van der Waals surface area contributed by atoms with Crippen LogP contribution < -0.4 is 5.32 Å². The summed E-state index contributed by atoms with van der Waals surface area (Å²) >= 11 is 0. The van der Waals surface area contributed by atoms with Gasteiger partial charge in [-0.1, -0.05) is 13.3 Å². The fourth-order valence-corrected chi connectivity index (χ4v) is 4.10. The van der Waals surface area contributed by atoms with Crippen LogP contribution in [0.15, 0.2) is 0 Å². The maximum Gasteiger partial charge on any atom is 0.0111 e. The predicted molar refractivity (Wildman–Crippen MR) is 72.2 cm³/mol. The van der Waals surface area contributed by atoms with E-state index in [0.29, 0.717) is 5.41 Å². The summed E-state index contributed by atoms with van der Waals surface area (Å²) in [5.74, 6) is 0. The number of fused-ring (bicyclic) bond motifs is 1. The molecule has 0 radical (unpaired) electrons. The SMILES string of the molecule is CCC1(CNC2CCN3CCCC3C2)CCC1. The Labute approximate surface area is 106 Å². The summed E-state index contributed by atoms with van der Waals surface area (Å²) < 4.78 is 0. The van der Waals surface area contributed by atoms with Crippen molar-refractivity contribution in [1.29, 1.82) is 0 Å². The largest absolute Gasteiger partial charge is 0.313 e. The molecule has 0 aromatic carbocycles. The smallest absolute Gasteiger partial charge is 0.0111 e. The van der Waals surface area contributed by atoms with E-state index in [0.717, 1.165) is 12.1 Å². The first kappa shape index (κ1) is 12.0. The Balaban J connectivity index is 1.46. The highest BCUT2D eigenvalue weighted by Gasteiger charge is 2.37. The van der Waals surface area contributed by atoms with E-state index in [2.05, 4.69) is 17.1 Å². The van der Waals surface area contributed by atoms with Crippen molar-refractivity contribution in [3.05, 3.63) is 0 Å². The summed E-state index contributed by atoms with van der Waals surface area (Å²) in [4.78, 5) is 2.72. The molecule has 0 amide bonds. The highest BCUT2D eigenvalue weighted by Crippen LogP contribution is 2.43. The van der Waals surface area contributed by atoms with E-state index in [4.69, 9.17) is 0 Å². The van der Waals surface area contributed by atoms with Crippen LogP contribution in [0, 0.1) is 5.41 Å². The van der Waals surface area contributed by atoms with E-state index in [1.54, 1.807) is 0 Å².